The van der Waals surface area contributed by atoms with E-state index in [-0.39, 0.29) is 30.5 Å². The Morgan fingerprint density at radius 2 is 2.00 bits per heavy atom. The summed E-state index contributed by atoms with van der Waals surface area (Å²) in [5, 5.41) is 8.23. The summed E-state index contributed by atoms with van der Waals surface area (Å²) in [4.78, 5) is 31.2. The van der Waals surface area contributed by atoms with Crippen molar-refractivity contribution in [2.75, 3.05) is 25.5 Å². The molecule has 0 saturated heterocycles. The molecule has 0 unspecified atom stereocenters. The summed E-state index contributed by atoms with van der Waals surface area (Å²) in [6.07, 6.45) is 3.16. The van der Waals surface area contributed by atoms with Gasteiger partial charge in [0.05, 0.1) is 12.4 Å². The van der Waals surface area contributed by atoms with Crippen LogP contribution in [-0.4, -0.2) is 41.9 Å². The molecule has 0 aliphatic heterocycles. The van der Waals surface area contributed by atoms with E-state index in [0.717, 1.165) is 0 Å². The SMILES string of the molecule is CNc1cncc(C(=O)NCCC(=O)NCC(C)C)n1. The molecular weight excluding hydrogens is 258 g/mol. The Morgan fingerprint density at radius 1 is 1.25 bits per heavy atom. The number of amides is 2. The van der Waals surface area contributed by atoms with Crippen LogP contribution in [0.2, 0.25) is 0 Å². The van der Waals surface area contributed by atoms with E-state index in [1.165, 1.54) is 12.4 Å². The van der Waals surface area contributed by atoms with E-state index in [1.54, 1.807) is 7.05 Å². The Bertz CT molecular complexity index is 462. The van der Waals surface area contributed by atoms with Gasteiger partial charge >= 0.3 is 0 Å². The minimum absolute atomic E-state index is 0.0749. The van der Waals surface area contributed by atoms with Crippen molar-refractivity contribution in [1.29, 1.82) is 0 Å². The van der Waals surface area contributed by atoms with Crippen LogP contribution in [0.25, 0.3) is 0 Å². The molecule has 2 amide bonds. The molecule has 1 rings (SSSR count). The van der Waals surface area contributed by atoms with E-state index in [4.69, 9.17) is 0 Å². The topological polar surface area (TPSA) is 96.0 Å². The van der Waals surface area contributed by atoms with Crippen molar-refractivity contribution in [2.24, 2.45) is 5.92 Å². The first-order valence-electron chi connectivity index (χ1n) is 6.57. The number of nitrogens with one attached hydrogen (secondary N) is 3. The maximum absolute atomic E-state index is 11.8. The van der Waals surface area contributed by atoms with Gasteiger partial charge in [-0.2, -0.15) is 0 Å². The number of nitrogens with zero attached hydrogens (tertiary/aromatic N) is 2. The lowest BCUT2D eigenvalue weighted by Crippen LogP contribution is -2.32. The second kappa shape index (κ2) is 8.08. The molecule has 0 saturated carbocycles. The normalized spacial score (nSPS) is 10.2. The van der Waals surface area contributed by atoms with Gasteiger partial charge in [0.2, 0.25) is 5.91 Å². The van der Waals surface area contributed by atoms with E-state index in [2.05, 4.69) is 25.9 Å². The summed E-state index contributed by atoms with van der Waals surface area (Å²) in [5.41, 5.74) is 0.222. The molecule has 1 aromatic heterocycles. The van der Waals surface area contributed by atoms with Crippen LogP contribution in [0, 0.1) is 5.92 Å². The fourth-order valence-electron chi connectivity index (χ4n) is 1.38. The standard InChI is InChI=1S/C13H21N5O2/c1-9(2)6-17-12(19)4-5-16-13(20)10-7-15-8-11(14-3)18-10/h7-9H,4-6H2,1-3H3,(H,14,18)(H,16,20)(H,17,19). The quantitative estimate of drug-likeness (QED) is 0.672. The lowest BCUT2D eigenvalue weighted by atomic mass is 10.2. The van der Waals surface area contributed by atoms with E-state index in [1.807, 2.05) is 13.8 Å². The molecule has 0 bridgehead atoms. The summed E-state index contributed by atoms with van der Waals surface area (Å²) in [7, 11) is 1.70. The zero-order valence-electron chi connectivity index (χ0n) is 12.1. The average molecular weight is 279 g/mol. The number of carbonyl (C=O) groups excluding carboxylic acids is 2. The predicted octanol–water partition coefficient (Wildman–Crippen LogP) is 0.410. The molecule has 1 heterocycles. The van der Waals surface area contributed by atoms with Gasteiger partial charge in [-0.3, -0.25) is 14.6 Å². The maximum atomic E-state index is 11.8. The highest BCUT2D eigenvalue weighted by molar-refractivity contribution is 5.92. The first kappa shape index (κ1) is 15.9. The largest absolute Gasteiger partial charge is 0.372 e. The predicted molar refractivity (Wildman–Crippen MR) is 76.4 cm³/mol. The van der Waals surface area contributed by atoms with Crippen molar-refractivity contribution in [3.63, 3.8) is 0 Å². The molecule has 7 nitrogen and oxygen atoms in total. The molecule has 1 aromatic rings. The third-order valence-electron chi connectivity index (χ3n) is 2.47. The minimum atomic E-state index is -0.341. The zero-order chi connectivity index (χ0) is 15.0. The Balaban J connectivity index is 2.34. The van der Waals surface area contributed by atoms with Crippen LogP contribution in [0.15, 0.2) is 12.4 Å². The van der Waals surface area contributed by atoms with Crippen LogP contribution in [0.5, 0.6) is 0 Å². The fourth-order valence-corrected chi connectivity index (χ4v) is 1.38. The van der Waals surface area contributed by atoms with Crippen molar-refractivity contribution < 1.29 is 9.59 Å². The fraction of sp³-hybridized carbons (Fsp3) is 0.538. The molecule has 0 atom stereocenters. The third kappa shape index (κ3) is 5.64. The molecule has 110 valence electrons. The summed E-state index contributed by atoms with van der Waals surface area (Å²) >= 11 is 0. The summed E-state index contributed by atoms with van der Waals surface area (Å²) < 4.78 is 0. The highest BCUT2D eigenvalue weighted by Gasteiger charge is 2.09. The second-order valence-electron chi connectivity index (χ2n) is 4.74. The Kier molecular flexibility index (Phi) is 6.42. The molecule has 0 radical (unpaired) electrons. The zero-order valence-corrected chi connectivity index (χ0v) is 12.1. The van der Waals surface area contributed by atoms with Crippen LogP contribution >= 0.6 is 0 Å². The van der Waals surface area contributed by atoms with Gasteiger partial charge in [0.1, 0.15) is 11.5 Å². The van der Waals surface area contributed by atoms with Gasteiger partial charge in [0.25, 0.3) is 5.91 Å². The minimum Gasteiger partial charge on any atom is -0.372 e. The number of aromatic nitrogens is 2. The average Bonchev–Trinajstić information content (AvgIpc) is 2.45. The van der Waals surface area contributed by atoms with Crippen molar-refractivity contribution in [2.45, 2.75) is 20.3 Å². The van der Waals surface area contributed by atoms with Crippen molar-refractivity contribution in [1.82, 2.24) is 20.6 Å². The summed E-state index contributed by atoms with van der Waals surface area (Å²) in [6.45, 7) is 4.96. The van der Waals surface area contributed by atoms with Gasteiger partial charge in [0, 0.05) is 26.6 Å². The number of hydrogen-bond acceptors (Lipinski definition) is 5. The molecule has 0 spiro atoms. The Hall–Kier alpha value is -2.18. The molecular formula is C13H21N5O2. The van der Waals surface area contributed by atoms with Crippen molar-refractivity contribution in [3.05, 3.63) is 18.1 Å². The van der Waals surface area contributed by atoms with E-state index in [9.17, 15) is 9.59 Å². The monoisotopic (exact) mass is 279 g/mol. The number of carbonyl (C=O) groups is 2. The molecule has 3 N–H and O–H groups in total. The number of rotatable bonds is 7. The molecule has 0 aliphatic carbocycles. The smallest absolute Gasteiger partial charge is 0.271 e. The highest BCUT2D eigenvalue weighted by Crippen LogP contribution is 2.00. The van der Waals surface area contributed by atoms with Crippen LogP contribution in [0.1, 0.15) is 30.8 Å². The highest BCUT2D eigenvalue weighted by atomic mass is 16.2. The van der Waals surface area contributed by atoms with Crippen LogP contribution in [0.3, 0.4) is 0 Å². The van der Waals surface area contributed by atoms with Crippen LogP contribution < -0.4 is 16.0 Å². The first-order valence-corrected chi connectivity index (χ1v) is 6.57. The molecule has 20 heavy (non-hydrogen) atoms. The van der Waals surface area contributed by atoms with Crippen LogP contribution in [0.4, 0.5) is 5.82 Å². The Morgan fingerprint density at radius 3 is 2.65 bits per heavy atom. The van der Waals surface area contributed by atoms with Gasteiger partial charge in [-0.1, -0.05) is 13.8 Å². The third-order valence-corrected chi connectivity index (χ3v) is 2.47. The first-order chi connectivity index (χ1) is 9.52. The summed E-state index contributed by atoms with van der Waals surface area (Å²) in [6, 6.07) is 0. The maximum Gasteiger partial charge on any atom is 0.271 e. The lowest BCUT2D eigenvalue weighted by Gasteiger charge is -2.08. The van der Waals surface area contributed by atoms with Gasteiger partial charge < -0.3 is 16.0 Å². The molecule has 0 fully saturated rings. The van der Waals surface area contributed by atoms with Gasteiger partial charge in [-0.15, -0.1) is 0 Å². The van der Waals surface area contributed by atoms with E-state index < -0.39 is 0 Å². The molecule has 0 aliphatic rings. The van der Waals surface area contributed by atoms with E-state index >= 15 is 0 Å². The van der Waals surface area contributed by atoms with Gasteiger partial charge in [0.15, 0.2) is 0 Å². The number of anilines is 1. The second-order valence-corrected chi connectivity index (χ2v) is 4.74. The van der Waals surface area contributed by atoms with E-state index in [0.29, 0.717) is 18.3 Å². The lowest BCUT2D eigenvalue weighted by molar-refractivity contribution is -0.121. The number of hydrogen-bond donors (Lipinski definition) is 3. The van der Waals surface area contributed by atoms with Crippen molar-refractivity contribution >= 4 is 17.6 Å². The molecule has 0 aromatic carbocycles. The summed E-state index contributed by atoms with van der Waals surface area (Å²) in [5.74, 6) is 0.515. The molecule has 7 heteroatoms. The van der Waals surface area contributed by atoms with Crippen molar-refractivity contribution in [3.8, 4) is 0 Å². The van der Waals surface area contributed by atoms with Gasteiger partial charge in [-0.25, -0.2) is 4.98 Å². The van der Waals surface area contributed by atoms with Gasteiger partial charge in [-0.05, 0) is 5.92 Å². The van der Waals surface area contributed by atoms with Crippen LogP contribution in [-0.2, 0) is 4.79 Å². The Labute approximate surface area is 118 Å².